The Bertz CT molecular complexity index is 393. The van der Waals surface area contributed by atoms with Crippen molar-refractivity contribution in [2.45, 2.75) is 25.4 Å². The fourth-order valence-electron chi connectivity index (χ4n) is 1.94. The van der Waals surface area contributed by atoms with Crippen molar-refractivity contribution in [2.75, 3.05) is 0 Å². The SMILES string of the molecule is C=C1CCc2ccc(Br)cc2C1(C)O. The third-order valence-electron chi connectivity index (χ3n) is 2.98. The first-order valence-electron chi connectivity index (χ1n) is 4.71. The first kappa shape index (κ1) is 9.94. The molecule has 1 aliphatic carbocycles. The summed E-state index contributed by atoms with van der Waals surface area (Å²) in [7, 11) is 0. The lowest BCUT2D eigenvalue weighted by atomic mass is 9.77. The van der Waals surface area contributed by atoms with Gasteiger partial charge in [0.1, 0.15) is 5.60 Å². The molecule has 2 rings (SSSR count). The molecule has 0 fully saturated rings. The Morgan fingerprint density at radius 3 is 2.86 bits per heavy atom. The zero-order valence-corrected chi connectivity index (χ0v) is 9.76. The van der Waals surface area contributed by atoms with Crippen molar-refractivity contribution in [2.24, 2.45) is 0 Å². The van der Waals surface area contributed by atoms with Crippen LogP contribution in [0.5, 0.6) is 0 Å². The van der Waals surface area contributed by atoms with E-state index in [2.05, 4.69) is 28.6 Å². The molecular formula is C12H13BrO. The summed E-state index contributed by atoms with van der Waals surface area (Å²) in [6.45, 7) is 5.75. The summed E-state index contributed by atoms with van der Waals surface area (Å²) < 4.78 is 1.01. The van der Waals surface area contributed by atoms with Crippen LogP contribution in [-0.4, -0.2) is 5.11 Å². The summed E-state index contributed by atoms with van der Waals surface area (Å²) in [5.74, 6) is 0. The minimum absolute atomic E-state index is 0.864. The highest BCUT2D eigenvalue weighted by Crippen LogP contribution is 2.39. The fraction of sp³-hybridized carbons (Fsp3) is 0.333. The highest BCUT2D eigenvalue weighted by molar-refractivity contribution is 9.10. The van der Waals surface area contributed by atoms with Crippen LogP contribution in [-0.2, 0) is 12.0 Å². The second-order valence-corrected chi connectivity index (χ2v) is 4.89. The van der Waals surface area contributed by atoms with Crippen LogP contribution in [0.25, 0.3) is 0 Å². The maximum absolute atomic E-state index is 10.3. The van der Waals surface area contributed by atoms with Gasteiger partial charge in [-0.3, -0.25) is 0 Å². The van der Waals surface area contributed by atoms with Crippen molar-refractivity contribution in [1.29, 1.82) is 0 Å². The molecule has 1 nitrogen and oxygen atoms in total. The van der Waals surface area contributed by atoms with E-state index in [1.807, 2.05) is 19.1 Å². The van der Waals surface area contributed by atoms with Crippen LogP contribution in [0.1, 0.15) is 24.5 Å². The Labute approximate surface area is 92.6 Å². The van der Waals surface area contributed by atoms with Crippen molar-refractivity contribution >= 4 is 15.9 Å². The molecule has 14 heavy (non-hydrogen) atoms. The largest absolute Gasteiger partial charge is 0.381 e. The number of hydrogen-bond donors (Lipinski definition) is 1. The normalized spacial score (nSPS) is 26.1. The number of rotatable bonds is 0. The van der Waals surface area contributed by atoms with Crippen molar-refractivity contribution in [1.82, 2.24) is 0 Å². The highest BCUT2D eigenvalue weighted by atomic mass is 79.9. The molecule has 1 N–H and O–H groups in total. The third kappa shape index (κ3) is 1.43. The Balaban J connectivity index is 2.61. The zero-order chi connectivity index (χ0) is 10.3. The average Bonchev–Trinajstić information content (AvgIpc) is 2.13. The molecule has 0 heterocycles. The van der Waals surface area contributed by atoms with Crippen LogP contribution in [0.2, 0.25) is 0 Å². The second kappa shape index (κ2) is 3.21. The summed E-state index contributed by atoms with van der Waals surface area (Å²) in [4.78, 5) is 0. The standard InChI is InChI=1S/C12H13BrO/c1-8-3-4-9-5-6-10(13)7-11(9)12(8,2)14/h5-7,14H,1,3-4H2,2H3. The van der Waals surface area contributed by atoms with E-state index in [1.165, 1.54) is 5.56 Å². The first-order chi connectivity index (χ1) is 6.51. The summed E-state index contributed by atoms with van der Waals surface area (Å²) in [5, 5.41) is 10.3. The second-order valence-electron chi connectivity index (χ2n) is 3.98. The molecule has 0 aromatic heterocycles. The lowest BCUT2D eigenvalue weighted by Crippen LogP contribution is -2.29. The smallest absolute Gasteiger partial charge is 0.108 e. The van der Waals surface area contributed by atoms with Gasteiger partial charge in [-0.15, -0.1) is 0 Å². The number of aliphatic hydroxyl groups is 1. The monoisotopic (exact) mass is 252 g/mol. The van der Waals surface area contributed by atoms with Crippen molar-refractivity contribution in [3.63, 3.8) is 0 Å². The molecule has 1 aromatic carbocycles. The first-order valence-corrected chi connectivity index (χ1v) is 5.50. The van der Waals surface area contributed by atoms with E-state index in [4.69, 9.17) is 0 Å². The molecule has 0 radical (unpaired) electrons. The molecule has 1 aliphatic rings. The molecule has 0 spiro atoms. The predicted molar refractivity (Wildman–Crippen MR) is 61.2 cm³/mol. The quantitative estimate of drug-likeness (QED) is 0.704. The highest BCUT2D eigenvalue weighted by Gasteiger charge is 2.32. The summed E-state index contributed by atoms with van der Waals surface area (Å²) in [6, 6.07) is 6.07. The van der Waals surface area contributed by atoms with Gasteiger partial charge in [-0.05, 0) is 48.6 Å². The minimum Gasteiger partial charge on any atom is -0.381 e. The van der Waals surface area contributed by atoms with Gasteiger partial charge in [0.25, 0.3) is 0 Å². The van der Waals surface area contributed by atoms with E-state index in [0.29, 0.717) is 0 Å². The molecule has 0 aliphatic heterocycles. The molecular weight excluding hydrogens is 240 g/mol. The van der Waals surface area contributed by atoms with E-state index in [9.17, 15) is 5.11 Å². The number of fused-ring (bicyclic) bond motifs is 1. The summed E-state index contributed by atoms with van der Waals surface area (Å²) in [5.41, 5.74) is 2.26. The van der Waals surface area contributed by atoms with Gasteiger partial charge in [0.15, 0.2) is 0 Å². The minimum atomic E-state index is -0.864. The lowest BCUT2D eigenvalue weighted by molar-refractivity contribution is 0.0884. The average molecular weight is 253 g/mol. The number of aryl methyl sites for hydroxylation is 1. The van der Waals surface area contributed by atoms with E-state index < -0.39 is 5.60 Å². The molecule has 2 heteroatoms. The van der Waals surface area contributed by atoms with Crippen LogP contribution in [0.3, 0.4) is 0 Å². The molecule has 0 saturated carbocycles. The van der Waals surface area contributed by atoms with Gasteiger partial charge >= 0.3 is 0 Å². The van der Waals surface area contributed by atoms with E-state index in [1.54, 1.807) is 0 Å². The van der Waals surface area contributed by atoms with E-state index >= 15 is 0 Å². The van der Waals surface area contributed by atoms with Crippen LogP contribution in [0, 0.1) is 0 Å². The van der Waals surface area contributed by atoms with Crippen LogP contribution >= 0.6 is 15.9 Å². The lowest BCUT2D eigenvalue weighted by Gasteiger charge is -2.33. The molecule has 0 saturated heterocycles. The van der Waals surface area contributed by atoms with Gasteiger partial charge in [0, 0.05) is 4.47 Å². The fourth-order valence-corrected chi connectivity index (χ4v) is 2.30. The molecule has 1 aromatic rings. The predicted octanol–water partition coefficient (Wildman–Crippen LogP) is 3.16. The maximum Gasteiger partial charge on any atom is 0.108 e. The Morgan fingerprint density at radius 2 is 2.14 bits per heavy atom. The molecule has 1 unspecified atom stereocenters. The number of benzene rings is 1. The van der Waals surface area contributed by atoms with Gasteiger partial charge in [0.05, 0.1) is 0 Å². The van der Waals surface area contributed by atoms with Gasteiger partial charge in [-0.1, -0.05) is 28.6 Å². The van der Waals surface area contributed by atoms with Crippen LogP contribution < -0.4 is 0 Å². The van der Waals surface area contributed by atoms with Gasteiger partial charge < -0.3 is 5.11 Å². The molecule has 74 valence electrons. The van der Waals surface area contributed by atoms with Crippen molar-refractivity contribution in [3.8, 4) is 0 Å². The summed E-state index contributed by atoms with van der Waals surface area (Å²) >= 11 is 3.42. The zero-order valence-electron chi connectivity index (χ0n) is 8.18. The van der Waals surface area contributed by atoms with Crippen LogP contribution in [0.15, 0.2) is 34.8 Å². The van der Waals surface area contributed by atoms with Crippen molar-refractivity contribution in [3.05, 3.63) is 46.0 Å². The van der Waals surface area contributed by atoms with Crippen LogP contribution in [0.4, 0.5) is 0 Å². The Morgan fingerprint density at radius 1 is 1.43 bits per heavy atom. The Kier molecular flexibility index (Phi) is 2.28. The van der Waals surface area contributed by atoms with E-state index in [-0.39, 0.29) is 0 Å². The topological polar surface area (TPSA) is 20.2 Å². The Hall–Kier alpha value is -0.600. The third-order valence-corrected chi connectivity index (χ3v) is 3.47. The summed E-state index contributed by atoms with van der Waals surface area (Å²) in [6.07, 6.45) is 1.86. The number of halogens is 1. The molecule has 1 atom stereocenters. The van der Waals surface area contributed by atoms with Gasteiger partial charge in [0.2, 0.25) is 0 Å². The van der Waals surface area contributed by atoms with Crippen molar-refractivity contribution < 1.29 is 5.11 Å². The van der Waals surface area contributed by atoms with Gasteiger partial charge in [-0.25, -0.2) is 0 Å². The number of hydrogen-bond acceptors (Lipinski definition) is 1. The van der Waals surface area contributed by atoms with Gasteiger partial charge in [-0.2, -0.15) is 0 Å². The maximum atomic E-state index is 10.3. The molecule has 0 bridgehead atoms. The van der Waals surface area contributed by atoms with E-state index in [0.717, 1.165) is 28.5 Å². The molecule has 0 amide bonds.